The largest absolute Gasteiger partial charge is 0.309 e. The molecular weight excluding hydrogens is 292 g/mol. The zero-order chi connectivity index (χ0) is 14.2. The highest BCUT2D eigenvalue weighted by molar-refractivity contribution is 7.91. The van der Waals surface area contributed by atoms with E-state index < -0.39 is 10.0 Å². The van der Waals surface area contributed by atoms with Gasteiger partial charge in [0, 0.05) is 24.0 Å². The third-order valence-corrected chi connectivity index (χ3v) is 7.37. The topological polar surface area (TPSA) is 58.2 Å². The summed E-state index contributed by atoms with van der Waals surface area (Å²) in [7, 11) is -3.32. The molecule has 2 aliphatic carbocycles. The third kappa shape index (κ3) is 3.42. The Morgan fingerprint density at radius 2 is 2.10 bits per heavy atom. The molecule has 0 amide bonds. The fraction of sp³-hybridized carbons (Fsp3) is 0.714. The van der Waals surface area contributed by atoms with Gasteiger partial charge in [-0.05, 0) is 49.7 Å². The minimum Gasteiger partial charge on any atom is -0.309 e. The minimum atomic E-state index is -3.32. The van der Waals surface area contributed by atoms with Gasteiger partial charge in [-0.25, -0.2) is 13.1 Å². The van der Waals surface area contributed by atoms with Crippen molar-refractivity contribution in [2.45, 2.75) is 55.8 Å². The second kappa shape index (κ2) is 5.40. The molecule has 0 aromatic carbocycles. The molecule has 2 N–H and O–H groups in total. The number of thiophene rings is 1. The van der Waals surface area contributed by atoms with Crippen molar-refractivity contribution in [3.63, 3.8) is 0 Å². The quantitative estimate of drug-likeness (QED) is 0.775. The molecule has 0 radical (unpaired) electrons. The Bertz CT molecular complexity index is 572. The normalized spacial score (nSPS) is 21.1. The van der Waals surface area contributed by atoms with Gasteiger partial charge in [-0.15, -0.1) is 11.3 Å². The van der Waals surface area contributed by atoms with Crippen LogP contribution in [0.25, 0.3) is 0 Å². The van der Waals surface area contributed by atoms with E-state index in [4.69, 9.17) is 0 Å². The minimum absolute atomic E-state index is 0.237. The van der Waals surface area contributed by atoms with E-state index in [-0.39, 0.29) is 5.41 Å². The van der Waals surface area contributed by atoms with Gasteiger partial charge >= 0.3 is 0 Å². The van der Waals surface area contributed by atoms with Gasteiger partial charge in [-0.1, -0.05) is 6.92 Å². The van der Waals surface area contributed by atoms with E-state index in [1.54, 1.807) is 6.07 Å². The summed E-state index contributed by atoms with van der Waals surface area (Å²) in [5.74, 6) is 0. The lowest BCUT2D eigenvalue weighted by atomic mass is 10.1. The highest BCUT2D eigenvalue weighted by atomic mass is 32.2. The maximum atomic E-state index is 12.3. The van der Waals surface area contributed by atoms with Crippen molar-refractivity contribution in [3.05, 3.63) is 17.0 Å². The lowest BCUT2D eigenvalue weighted by molar-refractivity contribution is 0.476. The van der Waals surface area contributed by atoms with Crippen LogP contribution in [0.1, 0.15) is 43.9 Å². The summed E-state index contributed by atoms with van der Waals surface area (Å²) in [6.45, 7) is 3.50. The molecule has 4 nitrogen and oxygen atoms in total. The van der Waals surface area contributed by atoms with Gasteiger partial charge in [0.05, 0.1) is 0 Å². The molecule has 2 saturated carbocycles. The molecule has 2 aliphatic rings. The van der Waals surface area contributed by atoms with Crippen molar-refractivity contribution in [3.8, 4) is 0 Å². The van der Waals surface area contributed by atoms with Crippen LogP contribution in [0.3, 0.4) is 0 Å². The average Bonchev–Trinajstić information content (AvgIpc) is 3.35. The molecule has 1 heterocycles. The van der Waals surface area contributed by atoms with Crippen LogP contribution in [0.2, 0.25) is 0 Å². The van der Waals surface area contributed by atoms with Gasteiger partial charge in [-0.3, -0.25) is 0 Å². The van der Waals surface area contributed by atoms with Crippen LogP contribution in [0.5, 0.6) is 0 Å². The maximum Gasteiger partial charge on any atom is 0.250 e. The predicted molar refractivity (Wildman–Crippen MR) is 81.3 cm³/mol. The van der Waals surface area contributed by atoms with E-state index in [0.29, 0.717) is 16.8 Å². The van der Waals surface area contributed by atoms with Crippen LogP contribution >= 0.6 is 11.3 Å². The predicted octanol–water partition coefficient (Wildman–Crippen LogP) is 2.47. The van der Waals surface area contributed by atoms with Gasteiger partial charge in [0.1, 0.15) is 4.21 Å². The number of rotatable bonds is 8. The smallest absolute Gasteiger partial charge is 0.250 e. The van der Waals surface area contributed by atoms with Gasteiger partial charge in [0.15, 0.2) is 0 Å². The Morgan fingerprint density at radius 3 is 2.70 bits per heavy atom. The van der Waals surface area contributed by atoms with Crippen molar-refractivity contribution in [2.24, 2.45) is 5.41 Å². The van der Waals surface area contributed by atoms with Crippen molar-refractivity contribution in [1.29, 1.82) is 0 Å². The van der Waals surface area contributed by atoms with Crippen LogP contribution in [0.4, 0.5) is 0 Å². The van der Waals surface area contributed by atoms with E-state index in [0.717, 1.165) is 30.7 Å². The number of hydrogen-bond donors (Lipinski definition) is 2. The van der Waals surface area contributed by atoms with Crippen LogP contribution in [0, 0.1) is 5.41 Å². The molecule has 0 aliphatic heterocycles. The molecule has 6 heteroatoms. The molecule has 0 atom stereocenters. The van der Waals surface area contributed by atoms with E-state index in [2.05, 4.69) is 17.0 Å². The molecule has 0 spiro atoms. The second-order valence-electron chi connectivity index (χ2n) is 6.05. The lowest BCUT2D eigenvalue weighted by Gasteiger charge is -2.12. The molecule has 20 heavy (non-hydrogen) atoms. The molecule has 1 aromatic rings. The van der Waals surface area contributed by atoms with Crippen molar-refractivity contribution in [1.82, 2.24) is 10.0 Å². The Labute approximate surface area is 125 Å². The van der Waals surface area contributed by atoms with E-state index in [1.165, 1.54) is 24.2 Å². The molecule has 112 valence electrons. The van der Waals surface area contributed by atoms with Gasteiger partial charge in [0.2, 0.25) is 10.0 Å². The van der Waals surface area contributed by atoms with Gasteiger partial charge in [0.25, 0.3) is 0 Å². The highest BCUT2D eigenvalue weighted by Gasteiger charge is 2.41. The maximum absolute atomic E-state index is 12.3. The Hall–Kier alpha value is -0.430. The van der Waals surface area contributed by atoms with Crippen LogP contribution in [0.15, 0.2) is 16.3 Å². The first-order valence-corrected chi connectivity index (χ1v) is 9.65. The summed E-state index contributed by atoms with van der Waals surface area (Å²) in [6, 6.07) is 4.29. The standard InChI is InChI=1S/C14H22N2O2S2/c1-2-14(7-8-14)10-16-20(17,18)13-6-5-12(19-13)9-15-11-3-4-11/h5-6,11,15-16H,2-4,7-10H2,1H3. The summed E-state index contributed by atoms with van der Waals surface area (Å²) >= 11 is 1.38. The van der Waals surface area contributed by atoms with Crippen LogP contribution < -0.4 is 10.0 Å². The summed E-state index contributed by atoms with van der Waals surface area (Å²) in [5.41, 5.74) is 0.237. The summed E-state index contributed by atoms with van der Waals surface area (Å²) < 4.78 is 27.8. The summed E-state index contributed by atoms with van der Waals surface area (Å²) in [4.78, 5) is 1.09. The van der Waals surface area contributed by atoms with E-state index >= 15 is 0 Å². The average molecular weight is 314 g/mol. The molecule has 0 saturated heterocycles. The molecule has 0 bridgehead atoms. The summed E-state index contributed by atoms with van der Waals surface area (Å²) in [6.07, 6.45) is 5.84. The van der Waals surface area contributed by atoms with Crippen LogP contribution in [-0.2, 0) is 16.6 Å². The molecule has 0 unspecified atom stereocenters. The first-order chi connectivity index (χ1) is 9.53. The molecule has 1 aromatic heterocycles. The number of sulfonamides is 1. The lowest BCUT2D eigenvalue weighted by Crippen LogP contribution is -2.29. The second-order valence-corrected chi connectivity index (χ2v) is 9.22. The zero-order valence-electron chi connectivity index (χ0n) is 11.8. The van der Waals surface area contributed by atoms with Crippen LogP contribution in [-0.4, -0.2) is 21.0 Å². The monoisotopic (exact) mass is 314 g/mol. The Balaban J connectivity index is 1.58. The van der Waals surface area contributed by atoms with Gasteiger partial charge < -0.3 is 5.32 Å². The Kier molecular flexibility index (Phi) is 3.92. The zero-order valence-corrected chi connectivity index (χ0v) is 13.4. The van der Waals surface area contributed by atoms with Crippen molar-refractivity contribution >= 4 is 21.4 Å². The van der Waals surface area contributed by atoms with Gasteiger partial charge in [-0.2, -0.15) is 0 Å². The van der Waals surface area contributed by atoms with Crippen molar-refractivity contribution < 1.29 is 8.42 Å². The first-order valence-electron chi connectivity index (χ1n) is 7.35. The number of hydrogen-bond acceptors (Lipinski definition) is 4. The van der Waals surface area contributed by atoms with E-state index in [1.807, 2.05) is 6.07 Å². The van der Waals surface area contributed by atoms with E-state index in [9.17, 15) is 8.42 Å². The SMILES string of the molecule is CCC1(CNS(=O)(=O)c2ccc(CNC3CC3)s2)CC1. The molecule has 3 rings (SSSR count). The summed E-state index contributed by atoms with van der Waals surface area (Å²) in [5, 5.41) is 3.41. The first kappa shape index (κ1) is 14.5. The molecule has 2 fully saturated rings. The fourth-order valence-corrected chi connectivity index (χ4v) is 4.79. The third-order valence-electron chi connectivity index (χ3n) is 4.39. The van der Waals surface area contributed by atoms with Crippen molar-refractivity contribution in [2.75, 3.05) is 6.54 Å². The molecular formula is C14H22N2O2S2. The highest BCUT2D eigenvalue weighted by Crippen LogP contribution is 2.48. The number of nitrogens with one attached hydrogen (secondary N) is 2. The fourth-order valence-electron chi connectivity index (χ4n) is 2.28. The Morgan fingerprint density at radius 1 is 1.35 bits per heavy atom.